The minimum atomic E-state index is 0.00690. The Balaban J connectivity index is 1.99. The van der Waals surface area contributed by atoms with Crippen molar-refractivity contribution in [3.63, 3.8) is 0 Å². The monoisotopic (exact) mass is 256 g/mol. The van der Waals surface area contributed by atoms with Crippen molar-refractivity contribution in [3.05, 3.63) is 42.5 Å². The largest absolute Gasteiger partial charge is 0.324 e. The number of amides is 1. The molecule has 0 unspecified atom stereocenters. The summed E-state index contributed by atoms with van der Waals surface area (Å²) in [6.45, 7) is 3.39. The zero-order valence-electron chi connectivity index (χ0n) is 11.3. The van der Waals surface area contributed by atoms with Crippen LogP contribution in [0.1, 0.15) is 19.8 Å². The fourth-order valence-corrected chi connectivity index (χ4v) is 2.03. The Morgan fingerprint density at radius 3 is 2.74 bits per heavy atom. The first-order valence-corrected chi connectivity index (χ1v) is 6.79. The van der Waals surface area contributed by atoms with Crippen LogP contribution in [0.5, 0.6) is 0 Å². The molecule has 1 amide bonds. The quantitative estimate of drug-likeness (QED) is 0.779. The first-order chi connectivity index (χ1) is 9.31. The van der Waals surface area contributed by atoms with Crippen molar-refractivity contribution >= 4 is 22.4 Å². The fraction of sp³-hybridized carbons (Fsp3) is 0.312. The van der Waals surface area contributed by atoms with Crippen LogP contribution >= 0.6 is 0 Å². The van der Waals surface area contributed by atoms with E-state index < -0.39 is 0 Å². The van der Waals surface area contributed by atoms with Crippen molar-refractivity contribution in [1.29, 1.82) is 0 Å². The highest BCUT2D eigenvalue weighted by Gasteiger charge is 2.04. The molecule has 0 radical (unpaired) electrons. The van der Waals surface area contributed by atoms with Crippen molar-refractivity contribution < 1.29 is 4.79 Å². The van der Waals surface area contributed by atoms with Crippen LogP contribution in [0.3, 0.4) is 0 Å². The molecule has 0 aromatic heterocycles. The Labute approximate surface area is 114 Å². The molecule has 2 rings (SSSR count). The maximum absolute atomic E-state index is 11.8. The molecule has 19 heavy (non-hydrogen) atoms. The van der Waals surface area contributed by atoms with Crippen molar-refractivity contribution in [2.75, 3.05) is 18.4 Å². The van der Waals surface area contributed by atoms with Gasteiger partial charge in [-0.1, -0.05) is 49.7 Å². The van der Waals surface area contributed by atoms with Crippen LogP contribution in [0, 0.1) is 0 Å². The zero-order chi connectivity index (χ0) is 13.5. The molecule has 2 aromatic carbocycles. The third-order valence-electron chi connectivity index (χ3n) is 3.06. The van der Waals surface area contributed by atoms with Crippen molar-refractivity contribution in [3.8, 4) is 0 Å². The van der Waals surface area contributed by atoms with E-state index in [0.717, 1.165) is 35.8 Å². The molecule has 0 heterocycles. The summed E-state index contributed by atoms with van der Waals surface area (Å²) in [6.07, 6.45) is 2.24. The van der Waals surface area contributed by atoms with Gasteiger partial charge in [0.1, 0.15) is 0 Å². The van der Waals surface area contributed by atoms with Gasteiger partial charge < -0.3 is 10.6 Å². The van der Waals surface area contributed by atoms with Gasteiger partial charge in [-0.3, -0.25) is 4.79 Å². The van der Waals surface area contributed by atoms with Gasteiger partial charge in [-0.2, -0.15) is 0 Å². The first-order valence-electron chi connectivity index (χ1n) is 6.79. The normalized spacial score (nSPS) is 10.6. The summed E-state index contributed by atoms with van der Waals surface area (Å²) in [4.78, 5) is 11.8. The molecule has 0 atom stereocenters. The van der Waals surface area contributed by atoms with Gasteiger partial charge in [-0.05, 0) is 24.4 Å². The van der Waals surface area contributed by atoms with Crippen LogP contribution < -0.4 is 10.6 Å². The lowest BCUT2D eigenvalue weighted by molar-refractivity contribution is -0.115. The van der Waals surface area contributed by atoms with Crippen molar-refractivity contribution in [2.24, 2.45) is 0 Å². The van der Waals surface area contributed by atoms with E-state index in [1.165, 1.54) is 0 Å². The maximum Gasteiger partial charge on any atom is 0.238 e. The summed E-state index contributed by atoms with van der Waals surface area (Å²) >= 11 is 0. The molecule has 2 N–H and O–H groups in total. The predicted octanol–water partition coefficient (Wildman–Crippen LogP) is 3.17. The van der Waals surface area contributed by atoms with E-state index in [1.54, 1.807) is 0 Å². The highest BCUT2D eigenvalue weighted by atomic mass is 16.1. The van der Waals surface area contributed by atoms with Gasteiger partial charge >= 0.3 is 0 Å². The molecule has 3 nitrogen and oxygen atoms in total. The van der Waals surface area contributed by atoms with Gasteiger partial charge in [0.25, 0.3) is 0 Å². The molecular formula is C16H20N2O. The molecule has 0 saturated carbocycles. The van der Waals surface area contributed by atoms with Gasteiger partial charge in [-0.25, -0.2) is 0 Å². The second-order valence-corrected chi connectivity index (χ2v) is 4.61. The molecule has 0 aliphatic carbocycles. The number of anilines is 1. The molecule has 100 valence electrons. The van der Waals surface area contributed by atoms with E-state index in [9.17, 15) is 4.79 Å². The molecule has 0 spiro atoms. The number of nitrogens with one attached hydrogen (secondary N) is 2. The van der Waals surface area contributed by atoms with Crippen LogP contribution in [0.4, 0.5) is 5.69 Å². The second-order valence-electron chi connectivity index (χ2n) is 4.61. The number of fused-ring (bicyclic) bond motifs is 1. The number of carbonyl (C=O) groups excluding carboxylic acids is 1. The number of hydrogen-bond acceptors (Lipinski definition) is 2. The Morgan fingerprint density at radius 2 is 1.89 bits per heavy atom. The Hall–Kier alpha value is -1.87. The summed E-state index contributed by atoms with van der Waals surface area (Å²) in [5, 5.41) is 8.32. The van der Waals surface area contributed by atoms with Crippen LogP contribution in [0.15, 0.2) is 42.5 Å². The van der Waals surface area contributed by atoms with E-state index in [2.05, 4.69) is 17.6 Å². The van der Waals surface area contributed by atoms with E-state index in [4.69, 9.17) is 0 Å². The molecule has 3 heteroatoms. The number of carbonyl (C=O) groups is 1. The third kappa shape index (κ3) is 3.80. The summed E-state index contributed by atoms with van der Waals surface area (Å²) in [5.41, 5.74) is 0.875. The van der Waals surface area contributed by atoms with Gasteiger partial charge in [0.05, 0.1) is 6.54 Å². The molecule has 0 bridgehead atoms. The van der Waals surface area contributed by atoms with E-state index >= 15 is 0 Å². The Bertz CT molecular complexity index is 546. The average Bonchev–Trinajstić information content (AvgIpc) is 2.44. The highest BCUT2D eigenvalue weighted by molar-refractivity contribution is 6.02. The number of benzene rings is 2. The van der Waals surface area contributed by atoms with E-state index in [0.29, 0.717) is 6.54 Å². The predicted molar refractivity (Wildman–Crippen MR) is 80.4 cm³/mol. The van der Waals surface area contributed by atoms with Crippen molar-refractivity contribution in [2.45, 2.75) is 19.8 Å². The highest BCUT2D eigenvalue weighted by Crippen LogP contribution is 2.22. The molecule has 0 aliphatic rings. The SMILES string of the molecule is CCCCNCC(=O)Nc1cccc2ccccc12. The van der Waals surface area contributed by atoms with Crippen LogP contribution in [-0.4, -0.2) is 19.0 Å². The lowest BCUT2D eigenvalue weighted by Gasteiger charge is -2.09. The van der Waals surface area contributed by atoms with Gasteiger partial charge in [0, 0.05) is 11.1 Å². The Morgan fingerprint density at radius 1 is 1.11 bits per heavy atom. The topological polar surface area (TPSA) is 41.1 Å². The van der Waals surface area contributed by atoms with Crippen LogP contribution in [0.2, 0.25) is 0 Å². The first kappa shape index (κ1) is 13.6. The minimum Gasteiger partial charge on any atom is -0.324 e. The average molecular weight is 256 g/mol. The molecule has 0 saturated heterocycles. The smallest absolute Gasteiger partial charge is 0.238 e. The number of unbranched alkanes of at least 4 members (excludes halogenated alkanes) is 1. The third-order valence-corrected chi connectivity index (χ3v) is 3.06. The van der Waals surface area contributed by atoms with E-state index in [1.807, 2.05) is 42.5 Å². The second kappa shape index (κ2) is 6.90. The van der Waals surface area contributed by atoms with Crippen molar-refractivity contribution in [1.82, 2.24) is 5.32 Å². The molecule has 2 aromatic rings. The summed E-state index contributed by atoms with van der Waals surface area (Å²) < 4.78 is 0. The summed E-state index contributed by atoms with van der Waals surface area (Å²) in [5.74, 6) is 0.00690. The van der Waals surface area contributed by atoms with Gasteiger partial charge in [-0.15, -0.1) is 0 Å². The van der Waals surface area contributed by atoms with Crippen LogP contribution in [-0.2, 0) is 4.79 Å². The molecule has 0 aliphatic heterocycles. The van der Waals surface area contributed by atoms with Crippen LogP contribution in [0.25, 0.3) is 10.8 Å². The number of hydrogen-bond donors (Lipinski definition) is 2. The maximum atomic E-state index is 11.8. The minimum absolute atomic E-state index is 0.00690. The lowest BCUT2D eigenvalue weighted by Crippen LogP contribution is -2.28. The molecule has 0 fully saturated rings. The standard InChI is InChI=1S/C16H20N2O/c1-2-3-11-17-12-16(19)18-15-10-6-8-13-7-4-5-9-14(13)15/h4-10,17H,2-3,11-12H2,1H3,(H,18,19). The van der Waals surface area contributed by atoms with Gasteiger partial charge in [0.2, 0.25) is 5.91 Å². The summed E-state index contributed by atoms with van der Waals surface area (Å²) in [6, 6.07) is 14.0. The Kier molecular flexibility index (Phi) is 4.93. The molecular weight excluding hydrogens is 236 g/mol. The van der Waals surface area contributed by atoms with E-state index in [-0.39, 0.29) is 5.91 Å². The summed E-state index contributed by atoms with van der Waals surface area (Å²) in [7, 11) is 0. The van der Waals surface area contributed by atoms with Gasteiger partial charge in [0.15, 0.2) is 0 Å². The fourth-order valence-electron chi connectivity index (χ4n) is 2.03. The lowest BCUT2D eigenvalue weighted by atomic mass is 10.1. The number of rotatable bonds is 6. The zero-order valence-corrected chi connectivity index (χ0v) is 11.3.